The van der Waals surface area contributed by atoms with Crippen LogP contribution in [0.1, 0.15) is 42.4 Å². The molecule has 0 N–H and O–H groups in total. The summed E-state index contributed by atoms with van der Waals surface area (Å²) in [4.78, 5) is 12.5. The van der Waals surface area contributed by atoms with E-state index in [1.54, 1.807) is 24.3 Å². The summed E-state index contributed by atoms with van der Waals surface area (Å²) in [7, 11) is 0. The second-order valence-electron chi connectivity index (χ2n) is 7.24. The molecule has 0 bridgehead atoms. The van der Waals surface area contributed by atoms with Crippen LogP contribution in [0, 0.1) is 0 Å². The van der Waals surface area contributed by atoms with Crippen molar-refractivity contribution in [1.82, 2.24) is 5.16 Å². The summed E-state index contributed by atoms with van der Waals surface area (Å²) in [6.07, 6.45) is 1.05. The van der Waals surface area contributed by atoms with E-state index in [1.807, 2.05) is 39.0 Å². The minimum absolute atomic E-state index is 0.00456. The van der Waals surface area contributed by atoms with Crippen LogP contribution in [0.4, 0.5) is 0 Å². The molecule has 0 fully saturated rings. The zero-order valence-electron chi connectivity index (χ0n) is 17.8. The van der Waals surface area contributed by atoms with Gasteiger partial charge in [0, 0.05) is 18.1 Å². The highest BCUT2D eigenvalue weighted by atomic mass is 16.5. The number of hydrogen-bond donors (Lipinski definition) is 0. The Morgan fingerprint density at radius 3 is 2.68 bits per heavy atom. The molecule has 7 heteroatoms. The molecule has 0 radical (unpaired) electrons. The second-order valence-corrected chi connectivity index (χ2v) is 7.24. The molecule has 1 unspecified atom stereocenters. The second kappa shape index (κ2) is 9.12. The number of nitrogens with zero attached hydrogens (tertiary/aromatic N) is 1. The smallest absolute Gasteiger partial charge is 0.338 e. The van der Waals surface area contributed by atoms with Gasteiger partial charge in [-0.2, -0.15) is 0 Å². The highest BCUT2D eigenvalue weighted by Crippen LogP contribution is 2.33. The average molecular weight is 423 g/mol. The molecule has 0 aliphatic carbocycles. The number of carbonyl (C=O) groups excluding carboxylic acids is 1. The standard InChI is InChI=1S/C24H25NO6/c1-4-27-21-9-7-17(12-23(21)28-5-2)24(26)29-14-19-13-22(31-25-19)16-6-8-20-18(11-16)10-15(3)30-20/h6-9,11-13,15H,4-5,10,14H2,1-3H3. The predicted octanol–water partition coefficient (Wildman–Crippen LogP) is 4.82. The number of ether oxygens (including phenoxy) is 4. The normalized spacial score (nSPS) is 14.6. The van der Waals surface area contributed by atoms with Gasteiger partial charge in [0.25, 0.3) is 0 Å². The maximum absolute atomic E-state index is 12.5. The van der Waals surface area contributed by atoms with Gasteiger partial charge >= 0.3 is 5.97 Å². The molecule has 31 heavy (non-hydrogen) atoms. The van der Waals surface area contributed by atoms with Gasteiger partial charge in [0.15, 0.2) is 17.3 Å². The van der Waals surface area contributed by atoms with Crippen LogP contribution < -0.4 is 14.2 Å². The summed E-state index contributed by atoms with van der Waals surface area (Å²) in [6.45, 7) is 6.79. The molecule has 0 saturated heterocycles. The van der Waals surface area contributed by atoms with Crippen molar-refractivity contribution in [1.29, 1.82) is 0 Å². The van der Waals surface area contributed by atoms with Crippen LogP contribution in [0.25, 0.3) is 11.3 Å². The molecule has 2 heterocycles. The van der Waals surface area contributed by atoms with Gasteiger partial charge in [0.2, 0.25) is 0 Å². The Hall–Kier alpha value is -3.48. The van der Waals surface area contributed by atoms with Gasteiger partial charge in [0.05, 0.1) is 18.8 Å². The molecule has 7 nitrogen and oxygen atoms in total. The maximum atomic E-state index is 12.5. The van der Waals surface area contributed by atoms with E-state index in [9.17, 15) is 4.79 Å². The van der Waals surface area contributed by atoms with Gasteiger partial charge in [-0.05, 0) is 62.7 Å². The quantitative estimate of drug-likeness (QED) is 0.481. The highest BCUT2D eigenvalue weighted by Gasteiger charge is 2.20. The minimum atomic E-state index is -0.475. The number of esters is 1. The molecule has 2 aromatic carbocycles. The number of aromatic nitrogens is 1. The van der Waals surface area contributed by atoms with Crippen LogP contribution in [0.3, 0.4) is 0 Å². The van der Waals surface area contributed by atoms with E-state index in [1.165, 1.54) is 0 Å². The number of benzene rings is 2. The monoisotopic (exact) mass is 423 g/mol. The van der Waals surface area contributed by atoms with Crippen molar-refractivity contribution < 1.29 is 28.3 Å². The average Bonchev–Trinajstić information content (AvgIpc) is 3.38. The highest BCUT2D eigenvalue weighted by molar-refractivity contribution is 5.90. The predicted molar refractivity (Wildman–Crippen MR) is 114 cm³/mol. The van der Waals surface area contributed by atoms with Crippen molar-refractivity contribution in [2.24, 2.45) is 0 Å². The molecule has 0 spiro atoms. The third kappa shape index (κ3) is 4.66. The van der Waals surface area contributed by atoms with Crippen molar-refractivity contribution in [2.75, 3.05) is 13.2 Å². The van der Waals surface area contributed by atoms with E-state index in [0.29, 0.717) is 41.7 Å². The van der Waals surface area contributed by atoms with Gasteiger partial charge in [-0.3, -0.25) is 0 Å². The van der Waals surface area contributed by atoms with Crippen LogP contribution in [0.2, 0.25) is 0 Å². The van der Waals surface area contributed by atoms with Crippen LogP contribution in [-0.2, 0) is 17.8 Å². The first-order valence-electron chi connectivity index (χ1n) is 10.4. The van der Waals surface area contributed by atoms with E-state index in [-0.39, 0.29) is 12.7 Å². The SMILES string of the molecule is CCOc1ccc(C(=O)OCc2cc(-c3ccc4c(c3)CC(C)O4)on2)cc1OCC. The zero-order valence-corrected chi connectivity index (χ0v) is 17.8. The van der Waals surface area contributed by atoms with Crippen LogP contribution in [-0.4, -0.2) is 30.4 Å². The summed E-state index contributed by atoms with van der Waals surface area (Å²) >= 11 is 0. The van der Waals surface area contributed by atoms with Gasteiger partial charge < -0.3 is 23.5 Å². The van der Waals surface area contributed by atoms with Crippen molar-refractivity contribution in [3.05, 3.63) is 59.3 Å². The Balaban J connectivity index is 1.41. The van der Waals surface area contributed by atoms with Gasteiger partial charge in [-0.1, -0.05) is 5.16 Å². The Morgan fingerprint density at radius 2 is 1.87 bits per heavy atom. The lowest BCUT2D eigenvalue weighted by molar-refractivity contribution is 0.0463. The van der Waals surface area contributed by atoms with E-state index < -0.39 is 5.97 Å². The van der Waals surface area contributed by atoms with Crippen molar-refractivity contribution >= 4 is 5.97 Å². The molecular formula is C24H25NO6. The Kier molecular flexibility index (Phi) is 6.11. The first-order chi connectivity index (χ1) is 15.1. The van der Waals surface area contributed by atoms with E-state index in [4.69, 9.17) is 23.5 Å². The van der Waals surface area contributed by atoms with Crippen molar-refractivity contribution in [3.8, 4) is 28.6 Å². The number of rotatable bonds is 8. The number of carbonyl (C=O) groups is 1. The molecular weight excluding hydrogens is 398 g/mol. The lowest BCUT2D eigenvalue weighted by Gasteiger charge is -2.12. The van der Waals surface area contributed by atoms with E-state index >= 15 is 0 Å². The van der Waals surface area contributed by atoms with Crippen molar-refractivity contribution in [3.63, 3.8) is 0 Å². The summed E-state index contributed by atoms with van der Waals surface area (Å²) in [5, 5.41) is 4.02. The van der Waals surface area contributed by atoms with Crippen LogP contribution in [0.5, 0.6) is 17.2 Å². The molecule has 1 aliphatic heterocycles. The fourth-order valence-corrected chi connectivity index (χ4v) is 3.49. The zero-order chi connectivity index (χ0) is 21.8. The largest absolute Gasteiger partial charge is 0.490 e. The molecule has 0 amide bonds. The molecule has 1 aliphatic rings. The van der Waals surface area contributed by atoms with Gasteiger partial charge in [0.1, 0.15) is 24.2 Å². The molecule has 1 atom stereocenters. The fraction of sp³-hybridized carbons (Fsp3) is 0.333. The minimum Gasteiger partial charge on any atom is -0.490 e. The van der Waals surface area contributed by atoms with Crippen molar-refractivity contribution in [2.45, 2.75) is 39.9 Å². The molecule has 162 valence electrons. The summed E-state index contributed by atoms with van der Waals surface area (Å²) in [5.41, 5.74) is 2.97. The maximum Gasteiger partial charge on any atom is 0.338 e. The lowest BCUT2D eigenvalue weighted by atomic mass is 10.1. The van der Waals surface area contributed by atoms with Crippen LogP contribution in [0.15, 0.2) is 47.0 Å². The molecule has 4 rings (SSSR count). The first-order valence-corrected chi connectivity index (χ1v) is 10.4. The third-order valence-corrected chi connectivity index (χ3v) is 4.87. The molecule has 1 aromatic heterocycles. The fourth-order valence-electron chi connectivity index (χ4n) is 3.49. The summed E-state index contributed by atoms with van der Waals surface area (Å²) in [5.74, 6) is 2.16. The Labute approximate surface area is 180 Å². The number of fused-ring (bicyclic) bond motifs is 1. The molecule has 0 saturated carbocycles. The lowest BCUT2D eigenvalue weighted by Crippen LogP contribution is -2.07. The molecule has 3 aromatic rings. The van der Waals surface area contributed by atoms with E-state index in [2.05, 4.69) is 5.16 Å². The first kappa shape index (κ1) is 20.8. The topological polar surface area (TPSA) is 80.0 Å². The van der Waals surface area contributed by atoms with Gasteiger partial charge in [-0.15, -0.1) is 0 Å². The van der Waals surface area contributed by atoms with Gasteiger partial charge in [-0.25, -0.2) is 4.79 Å². The number of hydrogen-bond acceptors (Lipinski definition) is 7. The van der Waals surface area contributed by atoms with E-state index in [0.717, 1.165) is 23.3 Å². The van der Waals surface area contributed by atoms with Crippen LogP contribution >= 0.6 is 0 Å². The summed E-state index contributed by atoms with van der Waals surface area (Å²) < 4.78 is 27.7. The third-order valence-electron chi connectivity index (χ3n) is 4.87. The Morgan fingerprint density at radius 1 is 1.06 bits per heavy atom. The summed E-state index contributed by atoms with van der Waals surface area (Å²) in [6, 6.07) is 12.7. The Bertz CT molecular complexity index is 1070.